The first-order valence-corrected chi connectivity index (χ1v) is 13.0. The summed E-state index contributed by atoms with van der Waals surface area (Å²) in [7, 11) is -3.71. The highest BCUT2D eigenvalue weighted by Gasteiger charge is 2.31. The molecule has 2 amide bonds. The number of benzene rings is 2. The summed E-state index contributed by atoms with van der Waals surface area (Å²) >= 11 is 2.39. The smallest absolute Gasteiger partial charge is 0.245 e. The van der Waals surface area contributed by atoms with Crippen molar-refractivity contribution in [2.75, 3.05) is 37.2 Å². The van der Waals surface area contributed by atoms with Gasteiger partial charge in [0.15, 0.2) is 0 Å². The van der Waals surface area contributed by atoms with Gasteiger partial charge in [0.1, 0.15) is 15.9 Å². The fraction of sp³-hybridized carbons (Fsp3) is 0.300. The third kappa shape index (κ3) is 4.93. The summed E-state index contributed by atoms with van der Waals surface area (Å²) in [5, 5.41) is 2.70. The van der Waals surface area contributed by atoms with Gasteiger partial charge < -0.3 is 10.2 Å². The largest absolute Gasteiger partial charge is 0.339 e. The molecule has 1 fully saturated rings. The molecule has 1 aromatic heterocycles. The molecule has 0 bridgehead atoms. The Morgan fingerprint density at radius 2 is 1.78 bits per heavy atom. The van der Waals surface area contributed by atoms with Gasteiger partial charge in [0.25, 0.3) is 0 Å². The van der Waals surface area contributed by atoms with Crippen LogP contribution in [-0.2, 0) is 19.6 Å². The van der Waals surface area contributed by atoms with Crippen LogP contribution in [0.25, 0.3) is 11.0 Å². The van der Waals surface area contributed by atoms with Crippen LogP contribution >= 0.6 is 23.5 Å². The summed E-state index contributed by atoms with van der Waals surface area (Å²) < 4.78 is 35.9. The van der Waals surface area contributed by atoms with E-state index in [-0.39, 0.29) is 35.6 Å². The minimum atomic E-state index is -3.71. The predicted molar refractivity (Wildman–Crippen MR) is 124 cm³/mol. The van der Waals surface area contributed by atoms with E-state index < -0.39 is 10.0 Å². The topological polar surface area (TPSA) is 113 Å². The second kappa shape index (κ2) is 9.53. The lowest BCUT2D eigenvalue weighted by atomic mass is 10.3. The highest BCUT2D eigenvalue weighted by molar-refractivity contribution is 8.00. The molecule has 0 unspecified atom stereocenters. The number of thioether (sulfide) groups is 1. The zero-order chi connectivity index (χ0) is 22.7. The van der Waals surface area contributed by atoms with E-state index >= 15 is 0 Å². The molecule has 0 spiro atoms. The summed E-state index contributed by atoms with van der Waals surface area (Å²) in [6.45, 7) is 2.59. The molecule has 1 aliphatic rings. The minimum Gasteiger partial charge on any atom is -0.339 e. The fourth-order valence-corrected chi connectivity index (χ4v) is 6.36. The van der Waals surface area contributed by atoms with Crippen LogP contribution < -0.4 is 5.32 Å². The van der Waals surface area contributed by atoms with E-state index in [1.165, 1.54) is 23.0 Å². The number of carbonyl (C=O) groups is 2. The molecule has 2 aromatic carbocycles. The van der Waals surface area contributed by atoms with Crippen molar-refractivity contribution in [3.63, 3.8) is 0 Å². The number of amides is 2. The number of fused-ring (bicyclic) bond motifs is 1. The molecule has 12 heteroatoms. The number of hydrogen-bond acceptors (Lipinski definition) is 8. The summed E-state index contributed by atoms with van der Waals surface area (Å²) in [6, 6.07) is 12.2. The first-order chi connectivity index (χ1) is 15.3. The molecule has 9 nitrogen and oxygen atoms in total. The SMILES string of the molecule is CC(=O)Nc1ccc(SCC(=O)N2CCN(S(=O)(=O)c3cccc4nsnc34)CC2)cc1. The van der Waals surface area contributed by atoms with Crippen molar-refractivity contribution >= 4 is 62.0 Å². The molecule has 1 aliphatic heterocycles. The Morgan fingerprint density at radius 3 is 2.47 bits per heavy atom. The van der Waals surface area contributed by atoms with E-state index in [9.17, 15) is 18.0 Å². The second-order valence-electron chi connectivity index (χ2n) is 7.17. The lowest BCUT2D eigenvalue weighted by Gasteiger charge is -2.34. The Hall–Kier alpha value is -2.54. The molecule has 1 N–H and O–H groups in total. The Labute approximate surface area is 194 Å². The molecule has 168 valence electrons. The highest BCUT2D eigenvalue weighted by atomic mass is 32.2. The van der Waals surface area contributed by atoms with Crippen molar-refractivity contribution in [1.82, 2.24) is 18.0 Å². The molecule has 0 atom stereocenters. The number of hydrogen-bond donors (Lipinski definition) is 1. The molecule has 0 saturated carbocycles. The van der Waals surface area contributed by atoms with E-state index in [2.05, 4.69) is 14.1 Å². The van der Waals surface area contributed by atoms with Crippen molar-refractivity contribution < 1.29 is 18.0 Å². The summed E-state index contributed by atoms with van der Waals surface area (Å²) in [5.74, 6) is 0.0845. The maximum atomic E-state index is 13.1. The van der Waals surface area contributed by atoms with Gasteiger partial charge in [0.2, 0.25) is 21.8 Å². The standard InChI is InChI=1S/C20H21N5O4S3/c1-14(26)21-15-5-7-16(8-6-15)30-13-19(27)24-9-11-25(12-10-24)32(28,29)18-4-2-3-17-20(18)23-31-22-17/h2-8H,9-13H2,1H3,(H,21,26). The van der Waals surface area contributed by atoms with E-state index in [4.69, 9.17) is 0 Å². The average molecular weight is 492 g/mol. The first kappa shape index (κ1) is 22.6. The first-order valence-electron chi connectivity index (χ1n) is 9.84. The van der Waals surface area contributed by atoms with Gasteiger partial charge in [0, 0.05) is 43.7 Å². The van der Waals surface area contributed by atoms with Crippen molar-refractivity contribution in [3.05, 3.63) is 42.5 Å². The number of aromatic nitrogens is 2. The fourth-order valence-electron chi connectivity index (χ4n) is 3.38. The van der Waals surface area contributed by atoms with Crippen molar-refractivity contribution in [3.8, 4) is 0 Å². The van der Waals surface area contributed by atoms with E-state index in [0.29, 0.717) is 29.8 Å². The predicted octanol–water partition coefficient (Wildman–Crippen LogP) is 2.27. The van der Waals surface area contributed by atoms with Gasteiger partial charge in [-0.25, -0.2) is 8.42 Å². The third-order valence-electron chi connectivity index (χ3n) is 5.00. The van der Waals surface area contributed by atoms with Gasteiger partial charge in [-0.3, -0.25) is 9.59 Å². The number of nitrogens with zero attached hydrogens (tertiary/aromatic N) is 4. The average Bonchev–Trinajstić information content (AvgIpc) is 3.27. The lowest BCUT2D eigenvalue weighted by Crippen LogP contribution is -2.51. The van der Waals surface area contributed by atoms with Crippen LogP contribution in [0.5, 0.6) is 0 Å². The van der Waals surface area contributed by atoms with Gasteiger partial charge in [-0.2, -0.15) is 13.1 Å². The van der Waals surface area contributed by atoms with Crippen molar-refractivity contribution in [2.45, 2.75) is 16.7 Å². The summed E-state index contributed by atoms with van der Waals surface area (Å²) in [4.78, 5) is 26.5. The lowest BCUT2D eigenvalue weighted by molar-refractivity contribution is -0.129. The highest BCUT2D eigenvalue weighted by Crippen LogP contribution is 2.26. The van der Waals surface area contributed by atoms with Gasteiger partial charge in [0.05, 0.1) is 17.5 Å². The quantitative estimate of drug-likeness (QED) is 0.527. The van der Waals surface area contributed by atoms with Crippen LogP contribution in [0.2, 0.25) is 0 Å². The molecule has 2 heterocycles. The molecular formula is C20H21N5O4S3. The molecular weight excluding hydrogens is 470 g/mol. The third-order valence-corrected chi connectivity index (χ3v) is 8.46. The zero-order valence-corrected chi connectivity index (χ0v) is 19.7. The summed E-state index contributed by atoms with van der Waals surface area (Å²) in [5.41, 5.74) is 1.65. The Morgan fingerprint density at radius 1 is 1.06 bits per heavy atom. The number of piperazine rings is 1. The number of rotatable bonds is 6. The van der Waals surface area contributed by atoms with Crippen LogP contribution in [0.1, 0.15) is 6.92 Å². The van der Waals surface area contributed by atoms with Crippen LogP contribution in [-0.4, -0.2) is 70.1 Å². The molecule has 4 rings (SSSR count). The number of sulfonamides is 1. The van der Waals surface area contributed by atoms with Gasteiger partial charge in [-0.15, -0.1) is 11.8 Å². The van der Waals surface area contributed by atoms with Crippen molar-refractivity contribution in [2.24, 2.45) is 0 Å². The minimum absolute atomic E-state index is 0.0382. The number of carbonyl (C=O) groups excluding carboxylic acids is 2. The van der Waals surface area contributed by atoms with Crippen LogP contribution in [0.15, 0.2) is 52.3 Å². The van der Waals surface area contributed by atoms with E-state index in [1.807, 2.05) is 12.1 Å². The van der Waals surface area contributed by atoms with Crippen molar-refractivity contribution in [1.29, 1.82) is 0 Å². The van der Waals surface area contributed by atoms with Gasteiger partial charge >= 0.3 is 0 Å². The maximum Gasteiger partial charge on any atom is 0.245 e. The molecule has 0 aliphatic carbocycles. The van der Waals surface area contributed by atoms with E-state index in [1.54, 1.807) is 35.2 Å². The van der Waals surface area contributed by atoms with Crippen LogP contribution in [0.4, 0.5) is 5.69 Å². The Kier molecular flexibility index (Phi) is 6.74. The van der Waals surface area contributed by atoms with Crippen LogP contribution in [0.3, 0.4) is 0 Å². The van der Waals surface area contributed by atoms with E-state index in [0.717, 1.165) is 16.6 Å². The Bertz CT molecular complexity index is 1240. The van der Waals surface area contributed by atoms with Gasteiger partial charge in [-0.1, -0.05) is 6.07 Å². The monoisotopic (exact) mass is 491 g/mol. The molecule has 1 saturated heterocycles. The van der Waals surface area contributed by atoms with Gasteiger partial charge in [-0.05, 0) is 36.4 Å². The zero-order valence-electron chi connectivity index (χ0n) is 17.2. The second-order valence-corrected chi connectivity index (χ2v) is 10.7. The molecule has 3 aromatic rings. The normalized spacial score (nSPS) is 15.1. The summed E-state index contributed by atoms with van der Waals surface area (Å²) in [6.07, 6.45) is 0. The maximum absolute atomic E-state index is 13.1. The molecule has 32 heavy (non-hydrogen) atoms. The number of anilines is 1. The van der Waals surface area contributed by atoms with Crippen LogP contribution in [0, 0.1) is 0 Å². The Balaban J connectivity index is 1.32. The number of nitrogens with one attached hydrogen (secondary N) is 1. The molecule has 0 radical (unpaired) electrons.